The number of hydrogen-bond acceptors (Lipinski definition) is 3. The van der Waals surface area contributed by atoms with Crippen LogP contribution in [0.1, 0.15) is 5.56 Å². The highest BCUT2D eigenvalue weighted by atomic mass is 32.1. The van der Waals surface area contributed by atoms with Gasteiger partial charge in [-0.15, -0.1) is 0 Å². The maximum Gasteiger partial charge on any atom is 0.131 e. The predicted octanol–water partition coefficient (Wildman–Crippen LogP) is 3.41. The van der Waals surface area contributed by atoms with Gasteiger partial charge < -0.3 is 4.74 Å². The Kier molecular flexibility index (Phi) is 3.86. The van der Waals surface area contributed by atoms with Crippen LogP contribution in [0.3, 0.4) is 0 Å². The van der Waals surface area contributed by atoms with Crippen LogP contribution in [0.25, 0.3) is 0 Å². The van der Waals surface area contributed by atoms with Gasteiger partial charge in [0.1, 0.15) is 11.5 Å². The number of nitrogens with one attached hydrogen (secondary N) is 1. The lowest BCUT2D eigenvalue weighted by molar-refractivity contribution is 0.476. The summed E-state index contributed by atoms with van der Waals surface area (Å²) in [4.78, 5) is 0. The van der Waals surface area contributed by atoms with Gasteiger partial charge in [-0.1, -0.05) is 49.2 Å². The quantitative estimate of drug-likeness (QED) is 0.787. The second-order valence-electron chi connectivity index (χ2n) is 3.36. The zero-order valence-electron chi connectivity index (χ0n) is 8.76. The first-order chi connectivity index (χ1) is 7.90. The zero-order chi connectivity index (χ0) is 11.2. The van der Waals surface area contributed by atoms with Crippen molar-refractivity contribution < 1.29 is 4.74 Å². The lowest BCUT2D eigenvalue weighted by atomic mass is 10.2. The van der Waals surface area contributed by atoms with E-state index in [9.17, 15) is 0 Å². The van der Waals surface area contributed by atoms with Crippen molar-refractivity contribution in [2.75, 3.05) is 0 Å². The predicted molar refractivity (Wildman–Crippen MR) is 68.8 cm³/mol. The van der Waals surface area contributed by atoms with E-state index in [0.717, 1.165) is 17.1 Å². The fourth-order valence-corrected chi connectivity index (χ4v) is 1.62. The molecule has 0 unspecified atom stereocenters. The molecule has 3 heteroatoms. The van der Waals surface area contributed by atoms with Crippen LogP contribution in [0.15, 0.2) is 54.6 Å². The summed E-state index contributed by atoms with van der Waals surface area (Å²) in [5.74, 6) is 1.70. The third-order valence-corrected chi connectivity index (χ3v) is 2.37. The van der Waals surface area contributed by atoms with Crippen LogP contribution in [0.5, 0.6) is 11.5 Å². The SMILES string of the molecule is SNCc1ccccc1Oc1ccccc1. The summed E-state index contributed by atoms with van der Waals surface area (Å²) in [7, 11) is 0. The van der Waals surface area contributed by atoms with Gasteiger partial charge in [-0.25, -0.2) is 0 Å². The van der Waals surface area contributed by atoms with Crippen LogP contribution >= 0.6 is 12.8 Å². The Morgan fingerprint density at radius 1 is 0.938 bits per heavy atom. The lowest BCUT2D eigenvalue weighted by Gasteiger charge is -2.10. The van der Waals surface area contributed by atoms with E-state index < -0.39 is 0 Å². The summed E-state index contributed by atoms with van der Waals surface area (Å²) >= 11 is 4.00. The molecular formula is C13H13NOS. The Hall–Kier alpha value is -1.45. The minimum Gasteiger partial charge on any atom is -0.457 e. The zero-order valence-corrected chi connectivity index (χ0v) is 9.65. The lowest BCUT2D eigenvalue weighted by Crippen LogP contribution is -2.00. The van der Waals surface area contributed by atoms with Crippen molar-refractivity contribution in [1.82, 2.24) is 4.72 Å². The summed E-state index contributed by atoms with van der Waals surface area (Å²) in [6, 6.07) is 17.7. The first kappa shape index (κ1) is 11.0. The van der Waals surface area contributed by atoms with Crippen LogP contribution in [-0.2, 0) is 6.54 Å². The average molecular weight is 231 g/mol. The first-order valence-corrected chi connectivity index (χ1v) is 5.52. The number of thiol groups is 1. The van der Waals surface area contributed by atoms with Crippen molar-refractivity contribution in [2.45, 2.75) is 6.54 Å². The highest BCUT2D eigenvalue weighted by molar-refractivity contribution is 7.78. The molecule has 0 saturated heterocycles. The maximum absolute atomic E-state index is 5.79. The smallest absolute Gasteiger partial charge is 0.131 e. The first-order valence-electron chi connectivity index (χ1n) is 5.08. The van der Waals surface area contributed by atoms with E-state index in [0.29, 0.717) is 6.54 Å². The van der Waals surface area contributed by atoms with Crippen molar-refractivity contribution in [1.29, 1.82) is 0 Å². The molecule has 0 aromatic heterocycles. The molecule has 16 heavy (non-hydrogen) atoms. The van der Waals surface area contributed by atoms with Gasteiger partial charge in [-0.3, -0.25) is 4.72 Å². The highest BCUT2D eigenvalue weighted by Crippen LogP contribution is 2.24. The van der Waals surface area contributed by atoms with E-state index in [4.69, 9.17) is 4.74 Å². The van der Waals surface area contributed by atoms with E-state index in [1.165, 1.54) is 0 Å². The van der Waals surface area contributed by atoms with E-state index in [2.05, 4.69) is 17.5 Å². The maximum atomic E-state index is 5.79. The van der Waals surface area contributed by atoms with Gasteiger partial charge in [0, 0.05) is 12.1 Å². The summed E-state index contributed by atoms with van der Waals surface area (Å²) in [5.41, 5.74) is 1.08. The summed E-state index contributed by atoms with van der Waals surface area (Å²) in [5, 5.41) is 0. The van der Waals surface area contributed by atoms with E-state index in [1.54, 1.807) is 0 Å². The van der Waals surface area contributed by atoms with Crippen molar-refractivity contribution in [3.8, 4) is 11.5 Å². The summed E-state index contributed by atoms with van der Waals surface area (Å²) < 4.78 is 8.61. The van der Waals surface area contributed by atoms with Crippen LogP contribution in [0.4, 0.5) is 0 Å². The number of benzene rings is 2. The molecule has 2 rings (SSSR count). The molecule has 0 heterocycles. The Morgan fingerprint density at radius 3 is 2.38 bits per heavy atom. The normalized spacial score (nSPS) is 10.1. The minimum atomic E-state index is 0.673. The van der Waals surface area contributed by atoms with Crippen LogP contribution in [0.2, 0.25) is 0 Å². The fourth-order valence-electron chi connectivity index (χ4n) is 1.45. The van der Waals surface area contributed by atoms with Crippen LogP contribution in [-0.4, -0.2) is 0 Å². The average Bonchev–Trinajstić information content (AvgIpc) is 2.33. The second kappa shape index (κ2) is 5.58. The van der Waals surface area contributed by atoms with Gasteiger partial charge in [-0.2, -0.15) is 0 Å². The van der Waals surface area contributed by atoms with Gasteiger partial charge >= 0.3 is 0 Å². The molecule has 0 bridgehead atoms. The molecule has 0 amide bonds. The highest BCUT2D eigenvalue weighted by Gasteiger charge is 2.02. The van der Waals surface area contributed by atoms with Crippen LogP contribution < -0.4 is 9.46 Å². The Labute approximate surface area is 101 Å². The summed E-state index contributed by atoms with van der Waals surface area (Å²) in [6.45, 7) is 0.673. The molecule has 0 radical (unpaired) electrons. The molecule has 0 spiro atoms. The third-order valence-electron chi connectivity index (χ3n) is 2.21. The topological polar surface area (TPSA) is 21.3 Å². The number of para-hydroxylation sites is 2. The third kappa shape index (κ3) is 2.78. The number of rotatable bonds is 4. The fraction of sp³-hybridized carbons (Fsp3) is 0.0769. The van der Waals surface area contributed by atoms with Gasteiger partial charge in [0.2, 0.25) is 0 Å². The van der Waals surface area contributed by atoms with Gasteiger partial charge in [0.25, 0.3) is 0 Å². The number of hydrogen-bond donors (Lipinski definition) is 2. The number of ether oxygens (including phenoxy) is 1. The monoisotopic (exact) mass is 231 g/mol. The standard InChI is InChI=1S/C13H13NOS/c16-14-10-11-6-4-5-9-13(11)15-12-7-2-1-3-8-12/h1-9,14,16H,10H2. The minimum absolute atomic E-state index is 0.673. The molecule has 0 fully saturated rings. The molecule has 2 aromatic rings. The Bertz CT molecular complexity index is 445. The molecular weight excluding hydrogens is 218 g/mol. The van der Waals surface area contributed by atoms with Crippen LogP contribution in [0, 0.1) is 0 Å². The van der Waals surface area contributed by atoms with E-state index in [-0.39, 0.29) is 0 Å². The molecule has 0 aliphatic heterocycles. The van der Waals surface area contributed by atoms with Crippen molar-refractivity contribution in [2.24, 2.45) is 0 Å². The molecule has 0 atom stereocenters. The van der Waals surface area contributed by atoms with E-state index >= 15 is 0 Å². The molecule has 0 saturated carbocycles. The molecule has 0 aliphatic rings. The summed E-state index contributed by atoms with van der Waals surface area (Å²) in [6.07, 6.45) is 0. The second-order valence-corrected chi connectivity index (χ2v) is 3.67. The molecule has 2 nitrogen and oxygen atoms in total. The van der Waals surface area contributed by atoms with Gasteiger partial charge in [0.05, 0.1) is 0 Å². The molecule has 2 aromatic carbocycles. The van der Waals surface area contributed by atoms with Gasteiger partial charge in [-0.05, 0) is 18.2 Å². The van der Waals surface area contributed by atoms with E-state index in [1.807, 2.05) is 54.6 Å². The Balaban J connectivity index is 2.21. The largest absolute Gasteiger partial charge is 0.457 e. The van der Waals surface area contributed by atoms with Crippen molar-refractivity contribution in [3.63, 3.8) is 0 Å². The molecule has 0 aliphatic carbocycles. The van der Waals surface area contributed by atoms with Crippen molar-refractivity contribution in [3.05, 3.63) is 60.2 Å². The molecule has 82 valence electrons. The van der Waals surface area contributed by atoms with Crippen molar-refractivity contribution >= 4 is 12.8 Å². The Morgan fingerprint density at radius 2 is 1.62 bits per heavy atom. The van der Waals surface area contributed by atoms with Gasteiger partial charge in [0.15, 0.2) is 0 Å². The molecule has 1 N–H and O–H groups in total.